The highest BCUT2D eigenvalue weighted by molar-refractivity contribution is 6.33. The lowest BCUT2D eigenvalue weighted by Gasteiger charge is -2.32. The number of hydrogen-bond donors (Lipinski definition) is 1. The van der Waals surface area contributed by atoms with Crippen LogP contribution in [0, 0.1) is 10.1 Å². The summed E-state index contributed by atoms with van der Waals surface area (Å²) in [6, 6.07) is 4.97. The number of para-hydroxylation sites is 1. The zero-order chi connectivity index (χ0) is 13.8. The predicted molar refractivity (Wildman–Crippen MR) is 75.3 cm³/mol. The second-order valence-corrected chi connectivity index (χ2v) is 4.77. The van der Waals surface area contributed by atoms with Crippen LogP contribution in [0.25, 0.3) is 0 Å². The van der Waals surface area contributed by atoms with E-state index in [4.69, 9.17) is 11.6 Å². The Bertz CT molecular complexity index is 423. The fourth-order valence-electron chi connectivity index (χ4n) is 2.10. The van der Waals surface area contributed by atoms with E-state index in [2.05, 4.69) is 26.1 Å². The summed E-state index contributed by atoms with van der Waals surface area (Å²) in [6.07, 6.45) is 2.72. The van der Waals surface area contributed by atoms with E-state index in [1.807, 2.05) is 0 Å². The second kappa shape index (κ2) is 6.05. The monoisotopic (exact) mass is 270 g/mol. The third kappa shape index (κ3) is 2.93. The van der Waals surface area contributed by atoms with E-state index in [0.29, 0.717) is 5.69 Å². The minimum Gasteiger partial charge on any atom is -0.374 e. The minimum absolute atomic E-state index is 0.0427. The molecule has 0 aromatic heterocycles. The highest BCUT2D eigenvalue weighted by atomic mass is 35.5. The number of rotatable bonds is 6. The summed E-state index contributed by atoms with van der Waals surface area (Å²) in [6.45, 7) is 6.24. The van der Waals surface area contributed by atoms with Gasteiger partial charge in [0, 0.05) is 5.54 Å². The molecule has 0 aliphatic rings. The molecule has 0 radical (unpaired) electrons. The van der Waals surface area contributed by atoms with Gasteiger partial charge in [0.2, 0.25) is 0 Å². The molecule has 0 fully saturated rings. The summed E-state index contributed by atoms with van der Waals surface area (Å²) in [5.41, 5.74) is 0.340. The quantitative estimate of drug-likeness (QED) is 0.606. The molecule has 0 atom stereocenters. The van der Waals surface area contributed by atoms with Crippen molar-refractivity contribution in [1.29, 1.82) is 0 Å². The molecule has 0 aliphatic carbocycles. The van der Waals surface area contributed by atoms with Gasteiger partial charge in [0.25, 0.3) is 0 Å². The minimum atomic E-state index is -0.434. The van der Waals surface area contributed by atoms with Gasteiger partial charge in [0.15, 0.2) is 0 Å². The largest absolute Gasteiger partial charge is 0.374 e. The number of nitro groups is 1. The van der Waals surface area contributed by atoms with Crippen LogP contribution in [0.4, 0.5) is 11.4 Å². The first kappa shape index (κ1) is 14.8. The molecule has 0 heterocycles. The first-order valence-corrected chi connectivity index (χ1v) is 6.58. The molecular weight excluding hydrogens is 252 g/mol. The SMILES string of the molecule is CCC(CC)(CC)Nc1cccc(Cl)c1[N+](=O)[O-]. The van der Waals surface area contributed by atoms with E-state index < -0.39 is 4.92 Å². The number of nitro benzene ring substituents is 1. The molecular formula is C13H19ClN2O2. The molecule has 1 aromatic carbocycles. The standard InChI is InChI=1S/C13H19ClN2O2/c1-4-13(5-2,6-3)15-11-9-7-8-10(14)12(11)16(17)18/h7-9,15H,4-6H2,1-3H3. The highest BCUT2D eigenvalue weighted by Gasteiger charge is 2.28. The van der Waals surface area contributed by atoms with Crippen LogP contribution in [0.1, 0.15) is 40.0 Å². The third-order valence-corrected chi connectivity index (χ3v) is 3.90. The summed E-state index contributed by atoms with van der Waals surface area (Å²) in [7, 11) is 0. The lowest BCUT2D eigenvalue weighted by atomic mass is 9.89. The third-order valence-electron chi connectivity index (χ3n) is 3.60. The Morgan fingerprint density at radius 2 is 1.83 bits per heavy atom. The van der Waals surface area contributed by atoms with Crippen molar-refractivity contribution in [2.75, 3.05) is 5.32 Å². The Morgan fingerprint density at radius 3 is 2.28 bits per heavy atom. The van der Waals surface area contributed by atoms with Crippen LogP contribution < -0.4 is 5.32 Å². The zero-order valence-corrected chi connectivity index (χ0v) is 11.8. The Kier molecular flexibility index (Phi) is 4.96. The van der Waals surface area contributed by atoms with Crippen LogP contribution in [0.2, 0.25) is 5.02 Å². The number of halogens is 1. The van der Waals surface area contributed by atoms with Crippen LogP contribution >= 0.6 is 11.6 Å². The molecule has 18 heavy (non-hydrogen) atoms. The molecule has 1 aromatic rings. The summed E-state index contributed by atoms with van der Waals surface area (Å²) in [5.74, 6) is 0. The van der Waals surface area contributed by atoms with Crippen molar-refractivity contribution in [3.63, 3.8) is 0 Å². The van der Waals surface area contributed by atoms with Crippen molar-refractivity contribution >= 4 is 23.0 Å². The van der Waals surface area contributed by atoms with Crippen LogP contribution in [-0.2, 0) is 0 Å². The molecule has 0 unspecified atom stereocenters. The van der Waals surface area contributed by atoms with E-state index in [9.17, 15) is 10.1 Å². The first-order chi connectivity index (χ1) is 8.49. The maximum atomic E-state index is 11.1. The number of benzene rings is 1. The Morgan fingerprint density at radius 1 is 1.28 bits per heavy atom. The molecule has 0 bridgehead atoms. The molecule has 0 saturated carbocycles. The summed E-state index contributed by atoms with van der Waals surface area (Å²) < 4.78 is 0. The summed E-state index contributed by atoms with van der Waals surface area (Å²) in [4.78, 5) is 10.6. The Labute approximate surface area is 112 Å². The van der Waals surface area contributed by atoms with Crippen LogP contribution in [0.3, 0.4) is 0 Å². The number of anilines is 1. The summed E-state index contributed by atoms with van der Waals surface area (Å²) in [5, 5.41) is 14.5. The van der Waals surface area contributed by atoms with Crippen LogP contribution in [0.15, 0.2) is 18.2 Å². The van der Waals surface area contributed by atoms with Gasteiger partial charge in [0.1, 0.15) is 10.7 Å². The van der Waals surface area contributed by atoms with Crippen molar-refractivity contribution in [3.8, 4) is 0 Å². The van der Waals surface area contributed by atoms with Crippen molar-refractivity contribution in [3.05, 3.63) is 33.3 Å². The zero-order valence-electron chi connectivity index (χ0n) is 11.0. The second-order valence-electron chi connectivity index (χ2n) is 4.36. The van der Waals surface area contributed by atoms with Crippen LogP contribution in [0.5, 0.6) is 0 Å². The molecule has 0 amide bonds. The molecule has 4 nitrogen and oxygen atoms in total. The molecule has 1 rings (SSSR count). The van der Waals surface area contributed by atoms with E-state index in [0.717, 1.165) is 19.3 Å². The first-order valence-electron chi connectivity index (χ1n) is 6.20. The number of nitrogens with zero attached hydrogens (tertiary/aromatic N) is 1. The summed E-state index contributed by atoms with van der Waals surface area (Å²) >= 11 is 5.90. The smallest absolute Gasteiger partial charge is 0.310 e. The fraction of sp³-hybridized carbons (Fsp3) is 0.538. The Balaban J connectivity index is 3.18. The van der Waals surface area contributed by atoms with Gasteiger partial charge >= 0.3 is 5.69 Å². The molecule has 1 N–H and O–H groups in total. The van der Waals surface area contributed by atoms with Gasteiger partial charge in [-0.05, 0) is 31.4 Å². The van der Waals surface area contributed by atoms with Crippen LogP contribution in [-0.4, -0.2) is 10.5 Å². The maximum Gasteiger partial charge on any atom is 0.310 e. The molecule has 0 aliphatic heterocycles. The molecule has 0 saturated heterocycles. The fourth-order valence-corrected chi connectivity index (χ4v) is 2.35. The molecule has 0 spiro atoms. The van der Waals surface area contributed by atoms with Gasteiger partial charge in [-0.1, -0.05) is 38.4 Å². The van der Waals surface area contributed by atoms with Gasteiger partial charge < -0.3 is 5.32 Å². The van der Waals surface area contributed by atoms with Crippen molar-refractivity contribution in [1.82, 2.24) is 0 Å². The van der Waals surface area contributed by atoms with Gasteiger partial charge in [-0.2, -0.15) is 0 Å². The van der Waals surface area contributed by atoms with E-state index >= 15 is 0 Å². The van der Waals surface area contributed by atoms with Crippen molar-refractivity contribution in [2.45, 2.75) is 45.6 Å². The lowest BCUT2D eigenvalue weighted by Crippen LogP contribution is -2.36. The number of hydrogen-bond acceptors (Lipinski definition) is 3. The maximum absolute atomic E-state index is 11.1. The molecule has 100 valence electrons. The predicted octanol–water partition coefficient (Wildman–Crippen LogP) is 4.63. The highest BCUT2D eigenvalue weighted by Crippen LogP contribution is 2.36. The van der Waals surface area contributed by atoms with Gasteiger partial charge in [-0.3, -0.25) is 10.1 Å². The van der Waals surface area contributed by atoms with Gasteiger partial charge in [-0.25, -0.2) is 0 Å². The van der Waals surface area contributed by atoms with E-state index in [-0.39, 0.29) is 16.2 Å². The van der Waals surface area contributed by atoms with Gasteiger partial charge in [-0.15, -0.1) is 0 Å². The van der Waals surface area contributed by atoms with Gasteiger partial charge in [0.05, 0.1) is 4.92 Å². The Hall–Kier alpha value is -1.29. The van der Waals surface area contributed by atoms with Crippen molar-refractivity contribution in [2.24, 2.45) is 0 Å². The lowest BCUT2D eigenvalue weighted by molar-refractivity contribution is -0.383. The van der Waals surface area contributed by atoms with E-state index in [1.165, 1.54) is 6.07 Å². The van der Waals surface area contributed by atoms with Crippen molar-refractivity contribution < 1.29 is 4.92 Å². The average Bonchev–Trinajstić information content (AvgIpc) is 2.35. The number of nitrogens with one attached hydrogen (secondary N) is 1. The molecule has 5 heteroatoms. The average molecular weight is 271 g/mol. The topological polar surface area (TPSA) is 55.2 Å². The normalized spacial score (nSPS) is 11.3. The van der Waals surface area contributed by atoms with E-state index in [1.54, 1.807) is 12.1 Å².